The molecule has 6 heteroatoms. The molecule has 1 fully saturated rings. The van der Waals surface area contributed by atoms with Gasteiger partial charge in [0.15, 0.2) is 0 Å². The predicted molar refractivity (Wildman–Crippen MR) is 112 cm³/mol. The minimum absolute atomic E-state index is 0.0347. The van der Waals surface area contributed by atoms with E-state index in [1.807, 2.05) is 36.1 Å². The maximum Gasteiger partial charge on any atom is 0.256 e. The number of carbonyl (C=O) groups is 2. The minimum atomic E-state index is -0.207. The molecule has 0 atom stereocenters. The molecule has 0 aliphatic carbocycles. The number of piperazine rings is 1. The molecule has 2 amide bonds. The van der Waals surface area contributed by atoms with Gasteiger partial charge in [-0.3, -0.25) is 9.59 Å². The molecule has 1 aliphatic rings. The second-order valence-corrected chi connectivity index (χ2v) is 7.72. The molecular formula is C20H22IN3O2. The monoisotopic (exact) mass is 463 g/mol. The first-order valence-electron chi connectivity index (χ1n) is 8.60. The van der Waals surface area contributed by atoms with Crippen molar-refractivity contribution in [2.75, 3.05) is 38.5 Å². The van der Waals surface area contributed by atoms with Crippen LogP contribution in [-0.2, 0) is 0 Å². The lowest BCUT2D eigenvalue weighted by Crippen LogP contribution is -2.47. The van der Waals surface area contributed by atoms with Gasteiger partial charge in [0.05, 0.1) is 11.3 Å². The lowest BCUT2D eigenvalue weighted by Gasteiger charge is -2.32. The fraction of sp³-hybridized carbons (Fsp3) is 0.300. The van der Waals surface area contributed by atoms with Gasteiger partial charge in [0.25, 0.3) is 11.8 Å². The van der Waals surface area contributed by atoms with Crippen molar-refractivity contribution in [2.24, 2.45) is 0 Å². The van der Waals surface area contributed by atoms with E-state index in [9.17, 15) is 9.59 Å². The van der Waals surface area contributed by atoms with Crippen molar-refractivity contribution in [3.63, 3.8) is 0 Å². The van der Waals surface area contributed by atoms with Crippen LogP contribution in [0, 0.1) is 10.5 Å². The van der Waals surface area contributed by atoms with Crippen LogP contribution < -0.4 is 5.32 Å². The Labute approximate surface area is 167 Å². The number of rotatable bonds is 3. The van der Waals surface area contributed by atoms with Gasteiger partial charge in [0.1, 0.15) is 0 Å². The highest BCUT2D eigenvalue weighted by molar-refractivity contribution is 14.1. The molecule has 0 radical (unpaired) electrons. The summed E-state index contributed by atoms with van der Waals surface area (Å²) in [5, 5.41) is 2.90. The smallest absolute Gasteiger partial charge is 0.256 e. The minimum Gasteiger partial charge on any atom is -0.336 e. The number of para-hydroxylation sites is 1. The molecule has 1 aliphatic heterocycles. The molecule has 0 unspecified atom stereocenters. The Balaban J connectivity index is 1.79. The first kappa shape index (κ1) is 18.8. The number of halogens is 1. The summed E-state index contributed by atoms with van der Waals surface area (Å²) in [6, 6.07) is 12.8. The van der Waals surface area contributed by atoms with Crippen LogP contribution >= 0.6 is 22.6 Å². The summed E-state index contributed by atoms with van der Waals surface area (Å²) in [5.74, 6) is -0.242. The second kappa shape index (κ2) is 8.18. The van der Waals surface area contributed by atoms with Crippen LogP contribution in [0.3, 0.4) is 0 Å². The number of hydrogen-bond acceptors (Lipinski definition) is 3. The molecule has 1 heterocycles. The van der Waals surface area contributed by atoms with E-state index in [4.69, 9.17) is 0 Å². The summed E-state index contributed by atoms with van der Waals surface area (Å²) >= 11 is 2.22. The number of nitrogens with zero attached hydrogens (tertiary/aromatic N) is 2. The fourth-order valence-corrected chi connectivity index (χ4v) is 3.40. The van der Waals surface area contributed by atoms with Gasteiger partial charge in [-0.2, -0.15) is 0 Å². The van der Waals surface area contributed by atoms with Gasteiger partial charge in [-0.05, 0) is 66.4 Å². The highest BCUT2D eigenvalue weighted by Crippen LogP contribution is 2.20. The summed E-state index contributed by atoms with van der Waals surface area (Å²) in [7, 11) is 2.05. The first-order chi connectivity index (χ1) is 12.5. The molecule has 0 bridgehead atoms. The molecule has 2 aromatic carbocycles. The van der Waals surface area contributed by atoms with Gasteiger partial charge in [-0.1, -0.05) is 18.2 Å². The van der Waals surface area contributed by atoms with Crippen molar-refractivity contribution in [2.45, 2.75) is 6.92 Å². The average Bonchev–Trinajstić information content (AvgIpc) is 2.64. The van der Waals surface area contributed by atoms with Crippen molar-refractivity contribution in [3.05, 3.63) is 62.7 Å². The number of aryl methyl sites for hydroxylation is 1. The lowest BCUT2D eigenvalue weighted by molar-refractivity contribution is 0.0665. The first-order valence-corrected chi connectivity index (χ1v) is 9.68. The number of likely N-dealkylation sites (N-methyl/N-ethyl adjacent to an activating group) is 1. The van der Waals surface area contributed by atoms with Gasteiger partial charge in [0.2, 0.25) is 0 Å². The Morgan fingerprint density at radius 2 is 1.73 bits per heavy atom. The highest BCUT2D eigenvalue weighted by atomic mass is 127. The number of hydrogen-bond donors (Lipinski definition) is 1. The van der Waals surface area contributed by atoms with Crippen LogP contribution in [0.4, 0.5) is 5.69 Å². The Bertz CT molecular complexity index is 830. The van der Waals surface area contributed by atoms with E-state index in [0.717, 1.165) is 22.2 Å². The Hall–Kier alpha value is -1.93. The molecule has 0 spiro atoms. The summed E-state index contributed by atoms with van der Waals surface area (Å²) < 4.78 is 1.04. The quantitative estimate of drug-likeness (QED) is 0.712. The zero-order valence-electron chi connectivity index (χ0n) is 15.0. The van der Waals surface area contributed by atoms with Gasteiger partial charge < -0.3 is 15.1 Å². The van der Waals surface area contributed by atoms with Crippen LogP contribution in [0.1, 0.15) is 26.3 Å². The van der Waals surface area contributed by atoms with Crippen LogP contribution in [0.15, 0.2) is 42.5 Å². The predicted octanol–water partition coefficient (Wildman–Crippen LogP) is 3.24. The highest BCUT2D eigenvalue weighted by Gasteiger charge is 2.23. The summed E-state index contributed by atoms with van der Waals surface area (Å²) in [6.45, 7) is 5.14. The Kier molecular flexibility index (Phi) is 5.93. The maximum atomic E-state index is 12.9. The molecule has 136 valence electrons. The number of benzene rings is 2. The molecule has 26 heavy (non-hydrogen) atoms. The Morgan fingerprint density at radius 1 is 1.04 bits per heavy atom. The molecule has 0 aromatic heterocycles. The normalized spacial score (nSPS) is 15.0. The van der Waals surface area contributed by atoms with Crippen LogP contribution in [0.25, 0.3) is 0 Å². The van der Waals surface area contributed by atoms with E-state index in [2.05, 4.69) is 39.9 Å². The van der Waals surface area contributed by atoms with E-state index in [0.29, 0.717) is 29.9 Å². The largest absolute Gasteiger partial charge is 0.336 e. The second-order valence-electron chi connectivity index (χ2n) is 6.56. The van der Waals surface area contributed by atoms with E-state index in [1.54, 1.807) is 18.2 Å². The van der Waals surface area contributed by atoms with Gasteiger partial charge in [-0.15, -0.1) is 0 Å². The van der Waals surface area contributed by atoms with Crippen molar-refractivity contribution < 1.29 is 9.59 Å². The summed E-state index contributed by atoms with van der Waals surface area (Å²) in [5.41, 5.74) is 2.80. The van der Waals surface area contributed by atoms with Crippen molar-refractivity contribution in [1.82, 2.24) is 9.80 Å². The number of amides is 2. The molecule has 5 nitrogen and oxygen atoms in total. The standard InChI is InChI=1S/C20H22IN3O2/c1-14-7-8-15(13-17(14)21)19(25)22-18-6-4-3-5-16(18)20(26)24-11-9-23(2)10-12-24/h3-8,13H,9-12H2,1-2H3,(H,22,25). The SMILES string of the molecule is Cc1ccc(C(=O)Nc2ccccc2C(=O)N2CCN(C)CC2)cc1I. The maximum absolute atomic E-state index is 12.9. The number of nitrogens with one attached hydrogen (secondary N) is 1. The van der Waals surface area contributed by atoms with Crippen molar-refractivity contribution in [1.29, 1.82) is 0 Å². The van der Waals surface area contributed by atoms with Crippen molar-refractivity contribution >= 4 is 40.1 Å². The third-order valence-electron chi connectivity index (χ3n) is 4.63. The van der Waals surface area contributed by atoms with Crippen LogP contribution in [-0.4, -0.2) is 54.8 Å². The van der Waals surface area contributed by atoms with Gasteiger partial charge in [0, 0.05) is 35.3 Å². The number of anilines is 1. The van der Waals surface area contributed by atoms with Crippen LogP contribution in [0.2, 0.25) is 0 Å². The molecule has 2 aromatic rings. The van der Waals surface area contributed by atoms with E-state index in [-0.39, 0.29) is 11.8 Å². The van der Waals surface area contributed by atoms with E-state index >= 15 is 0 Å². The molecular weight excluding hydrogens is 441 g/mol. The molecule has 1 N–H and O–H groups in total. The lowest BCUT2D eigenvalue weighted by atomic mass is 10.1. The zero-order chi connectivity index (χ0) is 18.7. The molecule has 1 saturated heterocycles. The fourth-order valence-electron chi connectivity index (χ4n) is 2.89. The topological polar surface area (TPSA) is 52.7 Å². The van der Waals surface area contributed by atoms with E-state index in [1.165, 1.54) is 0 Å². The third kappa shape index (κ3) is 4.24. The van der Waals surface area contributed by atoms with Gasteiger partial charge >= 0.3 is 0 Å². The average molecular weight is 463 g/mol. The van der Waals surface area contributed by atoms with Crippen LogP contribution in [0.5, 0.6) is 0 Å². The number of carbonyl (C=O) groups excluding carboxylic acids is 2. The summed E-state index contributed by atoms with van der Waals surface area (Å²) in [4.78, 5) is 29.6. The van der Waals surface area contributed by atoms with Gasteiger partial charge in [-0.25, -0.2) is 0 Å². The summed E-state index contributed by atoms with van der Waals surface area (Å²) in [6.07, 6.45) is 0. The van der Waals surface area contributed by atoms with E-state index < -0.39 is 0 Å². The molecule has 0 saturated carbocycles. The Morgan fingerprint density at radius 3 is 2.42 bits per heavy atom. The van der Waals surface area contributed by atoms with Crippen molar-refractivity contribution in [3.8, 4) is 0 Å². The zero-order valence-corrected chi connectivity index (χ0v) is 17.1. The third-order valence-corrected chi connectivity index (χ3v) is 5.79. The molecule has 3 rings (SSSR count).